The zero-order valence-corrected chi connectivity index (χ0v) is 19.1. The van der Waals surface area contributed by atoms with Crippen LogP contribution in [0.5, 0.6) is 0 Å². The van der Waals surface area contributed by atoms with Crippen LogP contribution in [0.4, 0.5) is 19.3 Å². The van der Waals surface area contributed by atoms with Crippen LogP contribution in [-0.2, 0) is 17.8 Å². The molecule has 0 unspecified atom stereocenters. The maximum absolute atomic E-state index is 14.0. The molecule has 6 heteroatoms. The van der Waals surface area contributed by atoms with Crippen LogP contribution in [0.15, 0.2) is 78.9 Å². The fraction of sp³-hybridized carbons (Fsp3) is 0.321. The van der Waals surface area contributed by atoms with E-state index in [-0.39, 0.29) is 18.5 Å². The second-order valence-corrected chi connectivity index (χ2v) is 9.57. The van der Waals surface area contributed by atoms with Gasteiger partial charge in [-0.2, -0.15) is 0 Å². The van der Waals surface area contributed by atoms with Crippen LogP contribution in [0.2, 0.25) is 0 Å². The number of quaternary nitrogens is 1. The summed E-state index contributed by atoms with van der Waals surface area (Å²) in [5.41, 5.74) is 2.46. The molecule has 176 valence electrons. The van der Waals surface area contributed by atoms with E-state index in [9.17, 15) is 13.6 Å². The Bertz CT molecular complexity index is 1130. The quantitative estimate of drug-likeness (QED) is 0.425. The van der Waals surface area contributed by atoms with Crippen LogP contribution in [0.25, 0.3) is 0 Å². The van der Waals surface area contributed by atoms with Crippen molar-refractivity contribution >= 4 is 11.8 Å². The van der Waals surface area contributed by atoms with E-state index in [0.717, 1.165) is 49.1 Å². The molecule has 0 saturated carbocycles. The Kier molecular flexibility index (Phi) is 6.33. The van der Waals surface area contributed by atoms with E-state index in [2.05, 4.69) is 24.3 Å². The molecule has 1 amide bonds. The predicted molar refractivity (Wildman–Crippen MR) is 127 cm³/mol. The molecule has 3 saturated heterocycles. The number of piperidine rings is 3. The number of carbonyl (C=O) groups excluding carboxylic acids is 1. The molecule has 3 fully saturated rings. The third-order valence-corrected chi connectivity index (χ3v) is 7.25. The Morgan fingerprint density at radius 1 is 0.882 bits per heavy atom. The average Bonchev–Trinajstić information content (AvgIpc) is 2.84. The van der Waals surface area contributed by atoms with Crippen molar-refractivity contribution in [3.8, 4) is 0 Å². The molecular formula is C28H29F2N2O2+. The van der Waals surface area contributed by atoms with Crippen LogP contribution in [0, 0.1) is 17.6 Å². The molecule has 0 radical (unpaired) electrons. The average molecular weight is 464 g/mol. The molecule has 3 aromatic rings. The van der Waals surface area contributed by atoms with Gasteiger partial charge in [0.2, 0.25) is 0 Å². The van der Waals surface area contributed by atoms with E-state index in [1.165, 1.54) is 34.7 Å². The molecule has 3 aliphatic heterocycles. The zero-order chi connectivity index (χ0) is 23.5. The van der Waals surface area contributed by atoms with Gasteiger partial charge in [-0.05, 0) is 35.9 Å². The Morgan fingerprint density at radius 2 is 1.62 bits per heavy atom. The second kappa shape index (κ2) is 9.55. The van der Waals surface area contributed by atoms with Gasteiger partial charge in [0.1, 0.15) is 24.7 Å². The molecule has 34 heavy (non-hydrogen) atoms. The summed E-state index contributed by atoms with van der Waals surface area (Å²) < 4.78 is 34.4. The van der Waals surface area contributed by atoms with Gasteiger partial charge in [0.25, 0.3) is 0 Å². The molecule has 3 aromatic carbocycles. The lowest BCUT2D eigenvalue weighted by Crippen LogP contribution is -2.64. The van der Waals surface area contributed by atoms with Gasteiger partial charge in [-0.3, -0.25) is 4.90 Å². The minimum absolute atomic E-state index is 0.171. The van der Waals surface area contributed by atoms with Crippen LogP contribution in [0.1, 0.15) is 24.0 Å². The first kappa shape index (κ1) is 22.5. The summed E-state index contributed by atoms with van der Waals surface area (Å²) in [6.45, 7) is 4.08. The largest absolute Gasteiger partial charge is 0.440 e. The number of anilines is 1. The zero-order valence-electron chi connectivity index (χ0n) is 19.1. The molecule has 6 rings (SSSR count). The molecule has 4 nitrogen and oxygen atoms in total. The molecule has 1 atom stereocenters. The summed E-state index contributed by atoms with van der Waals surface area (Å²) in [4.78, 5) is 14.9. The maximum atomic E-state index is 14.0. The summed E-state index contributed by atoms with van der Waals surface area (Å²) in [7, 11) is 0. The summed E-state index contributed by atoms with van der Waals surface area (Å²) in [6, 6.07) is 22.4. The Hall–Kier alpha value is -3.25. The van der Waals surface area contributed by atoms with E-state index in [1.54, 1.807) is 24.3 Å². The number of amides is 1. The van der Waals surface area contributed by atoms with Crippen LogP contribution in [0.3, 0.4) is 0 Å². The third kappa shape index (κ3) is 4.97. The lowest BCUT2D eigenvalue weighted by Gasteiger charge is -2.52. The first-order valence-electron chi connectivity index (χ1n) is 11.9. The topological polar surface area (TPSA) is 29.5 Å². The van der Waals surface area contributed by atoms with E-state index >= 15 is 0 Å². The van der Waals surface area contributed by atoms with Crippen molar-refractivity contribution in [3.63, 3.8) is 0 Å². The SMILES string of the molecule is O=C(O[C@H]1C[N+]2(Cc3ccccc3)CCC1CC2)N(Cc1ccc(F)cc1)c1cccc(F)c1. The maximum Gasteiger partial charge on any atom is 0.415 e. The van der Waals surface area contributed by atoms with E-state index in [0.29, 0.717) is 11.6 Å². The Labute approximate surface area is 199 Å². The van der Waals surface area contributed by atoms with Gasteiger partial charge in [0, 0.05) is 24.3 Å². The van der Waals surface area contributed by atoms with Gasteiger partial charge in [-0.1, -0.05) is 48.5 Å². The minimum Gasteiger partial charge on any atom is -0.440 e. The lowest BCUT2D eigenvalue weighted by molar-refractivity contribution is -0.958. The molecule has 2 bridgehead atoms. The van der Waals surface area contributed by atoms with Crippen molar-refractivity contribution in [3.05, 3.63) is 102 Å². The molecule has 3 aliphatic rings. The van der Waals surface area contributed by atoms with Gasteiger partial charge in [0.15, 0.2) is 6.10 Å². The van der Waals surface area contributed by atoms with Crippen molar-refractivity contribution in [2.24, 2.45) is 5.92 Å². The molecule has 0 spiro atoms. The monoisotopic (exact) mass is 463 g/mol. The number of carbonyl (C=O) groups is 1. The number of hydrogen-bond acceptors (Lipinski definition) is 2. The summed E-state index contributed by atoms with van der Waals surface area (Å²) in [5, 5.41) is 0. The number of fused-ring (bicyclic) bond motifs is 3. The van der Waals surface area contributed by atoms with E-state index in [4.69, 9.17) is 4.74 Å². The number of hydrogen-bond donors (Lipinski definition) is 0. The highest BCUT2D eigenvalue weighted by Crippen LogP contribution is 2.37. The third-order valence-electron chi connectivity index (χ3n) is 7.25. The highest BCUT2D eigenvalue weighted by Gasteiger charge is 2.48. The van der Waals surface area contributed by atoms with E-state index in [1.807, 2.05) is 6.07 Å². The first-order valence-corrected chi connectivity index (χ1v) is 11.9. The number of halogens is 2. The highest BCUT2D eigenvalue weighted by atomic mass is 19.1. The van der Waals surface area contributed by atoms with Crippen molar-refractivity contribution in [2.45, 2.75) is 32.0 Å². The number of ether oxygens (including phenoxy) is 1. The molecule has 0 aromatic heterocycles. The number of benzene rings is 3. The van der Waals surface area contributed by atoms with Crippen LogP contribution >= 0.6 is 0 Å². The first-order chi connectivity index (χ1) is 16.5. The van der Waals surface area contributed by atoms with Gasteiger partial charge >= 0.3 is 6.09 Å². The summed E-state index contributed by atoms with van der Waals surface area (Å²) in [6.07, 6.45) is 1.39. The molecule has 0 aliphatic carbocycles. The Morgan fingerprint density at radius 3 is 2.32 bits per heavy atom. The van der Waals surface area contributed by atoms with E-state index < -0.39 is 11.9 Å². The van der Waals surface area contributed by atoms with Crippen LogP contribution in [-0.4, -0.2) is 36.3 Å². The number of nitrogens with zero attached hydrogens (tertiary/aromatic N) is 2. The van der Waals surface area contributed by atoms with Crippen molar-refractivity contribution < 1.29 is 22.8 Å². The van der Waals surface area contributed by atoms with Crippen molar-refractivity contribution in [2.75, 3.05) is 24.5 Å². The molecule has 3 heterocycles. The lowest BCUT2D eigenvalue weighted by atomic mass is 9.83. The van der Waals surface area contributed by atoms with Crippen molar-refractivity contribution in [1.82, 2.24) is 0 Å². The number of rotatable bonds is 6. The Balaban J connectivity index is 1.34. The fourth-order valence-electron chi connectivity index (χ4n) is 5.42. The molecular weight excluding hydrogens is 434 g/mol. The fourth-order valence-corrected chi connectivity index (χ4v) is 5.42. The van der Waals surface area contributed by atoms with Gasteiger partial charge in [0.05, 0.1) is 25.3 Å². The normalized spacial score (nSPS) is 23.5. The predicted octanol–water partition coefficient (Wildman–Crippen LogP) is 5.92. The summed E-state index contributed by atoms with van der Waals surface area (Å²) >= 11 is 0. The van der Waals surface area contributed by atoms with Gasteiger partial charge in [-0.15, -0.1) is 0 Å². The van der Waals surface area contributed by atoms with Gasteiger partial charge in [-0.25, -0.2) is 13.6 Å². The summed E-state index contributed by atoms with van der Waals surface area (Å²) in [5.74, 6) is -0.423. The highest BCUT2D eigenvalue weighted by molar-refractivity contribution is 5.87. The standard InChI is InChI=1S/C28H29F2N2O2/c29-24-11-9-21(10-12-24)18-31(26-8-4-7-25(30)17-26)28(33)34-27-20-32(15-13-23(27)14-16-32)19-22-5-2-1-3-6-22/h1-12,17,23,27H,13-16,18-20H2/q+1/t23?,27-,32?/m0/s1. The van der Waals surface area contributed by atoms with Crippen molar-refractivity contribution in [1.29, 1.82) is 0 Å². The van der Waals surface area contributed by atoms with Crippen LogP contribution < -0.4 is 4.90 Å². The van der Waals surface area contributed by atoms with Gasteiger partial charge < -0.3 is 9.22 Å². The smallest absolute Gasteiger partial charge is 0.415 e. The minimum atomic E-state index is -0.494. The molecule has 0 N–H and O–H groups in total. The second-order valence-electron chi connectivity index (χ2n) is 9.57.